The van der Waals surface area contributed by atoms with E-state index < -0.39 is 0 Å². The molecule has 0 unspecified atom stereocenters. The number of hydrogen-bond donors (Lipinski definition) is 1. The second-order valence-corrected chi connectivity index (χ2v) is 7.21. The summed E-state index contributed by atoms with van der Waals surface area (Å²) in [5, 5.41) is 3.07. The highest BCUT2D eigenvalue weighted by Crippen LogP contribution is 2.18. The molecule has 1 N–H and O–H groups in total. The van der Waals surface area contributed by atoms with Crippen LogP contribution in [0.15, 0.2) is 48.5 Å². The lowest BCUT2D eigenvalue weighted by atomic mass is 10.0. The molecule has 6 heteroatoms. The van der Waals surface area contributed by atoms with Crippen LogP contribution in [-0.2, 0) is 0 Å². The van der Waals surface area contributed by atoms with Crippen LogP contribution in [0.3, 0.4) is 0 Å². The number of hydrogen-bond acceptors (Lipinski definition) is 4. The third-order valence-electron chi connectivity index (χ3n) is 5.10. The molecule has 2 aromatic rings. The molecule has 28 heavy (non-hydrogen) atoms. The number of rotatable bonds is 5. The first kappa shape index (κ1) is 19.7. The SMILES string of the molecule is COc1ccc(C(=O)NC2CCN(C(=O)c3ccc(N(C)C)cc3)CC2)cc1. The van der Waals surface area contributed by atoms with Crippen molar-refractivity contribution in [1.82, 2.24) is 10.2 Å². The summed E-state index contributed by atoms with van der Waals surface area (Å²) in [7, 11) is 5.55. The van der Waals surface area contributed by atoms with Gasteiger partial charge in [-0.2, -0.15) is 0 Å². The Labute approximate surface area is 166 Å². The Morgan fingerprint density at radius 3 is 2.07 bits per heavy atom. The van der Waals surface area contributed by atoms with Gasteiger partial charge in [0.2, 0.25) is 0 Å². The summed E-state index contributed by atoms with van der Waals surface area (Å²) in [6.45, 7) is 1.28. The third-order valence-corrected chi connectivity index (χ3v) is 5.10. The maximum absolute atomic E-state index is 12.7. The molecule has 1 saturated heterocycles. The fourth-order valence-corrected chi connectivity index (χ4v) is 3.32. The molecule has 3 rings (SSSR count). The van der Waals surface area contributed by atoms with Crippen molar-refractivity contribution in [2.75, 3.05) is 39.2 Å². The van der Waals surface area contributed by atoms with Gasteiger partial charge in [-0.1, -0.05) is 0 Å². The monoisotopic (exact) mass is 381 g/mol. The summed E-state index contributed by atoms with van der Waals surface area (Å²) in [5.41, 5.74) is 2.38. The lowest BCUT2D eigenvalue weighted by molar-refractivity contribution is 0.0698. The zero-order valence-corrected chi connectivity index (χ0v) is 16.6. The fourth-order valence-electron chi connectivity index (χ4n) is 3.32. The predicted molar refractivity (Wildman–Crippen MR) is 110 cm³/mol. The molecule has 0 aromatic heterocycles. The lowest BCUT2D eigenvalue weighted by Crippen LogP contribution is -2.46. The van der Waals surface area contributed by atoms with Gasteiger partial charge in [-0.05, 0) is 61.4 Å². The molecule has 1 fully saturated rings. The van der Waals surface area contributed by atoms with E-state index in [1.54, 1.807) is 31.4 Å². The molecular formula is C22H27N3O3. The first-order valence-corrected chi connectivity index (χ1v) is 9.49. The normalized spacial score (nSPS) is 14.5. The minimum absolute atomic E-state index is 0.0465. The Kier molecular flexibility index (Phi) is 6.19. The minimum atomic E-state index is -0.0910. The van der Waals surface area contributed by atoms with Gasteiger partial charge in [0.15, 0.2) is 0 Å². The molecule has 1 aliphatic heterocycles. The van der Waals surface area contributed by atoms with Crippen molar-refractivity contribution in [2.45, 2.75) is 18.9 Å². The average molecular weight is 381 g/mol. The minimum Gasteiger partial charge on any atom is -0.497 e. The molecule has 6 nitrogen and oxygen atoms in total. The average Bonchev–Trinajstić information content (AvgIpc) is 2.74. The predicted octanol–water partition coefficient (Wildman–Crippen LogP) is 2.80. The van der Waals surface area contributed by atoms with Gasteiger partial charge in [0, 0.05) is 50.0 Å². The fraction of sp³-hybridized carbons (Fsp3) is 0.364. The van der Waals surface area contributed by atoms with E-state index in [0.29, 0.717) is 24.2 Å². The van der Waals surface area contributed by atoms with Gasteiger partial charge < -0.3 is 19.9 Å². The molecule has 0 aliphatic carbocycles. The van der Waals surface area contributed by atoms with Crippen LogP contribution in [0, 0.1) is 0 Å². The van der Waals surface area contributed by atoms with E-state index in [9.17, 15) is 9.59 Å². The standard InChI is InChI=1S/C22H27N3O3/c1-24(2)19-8-4-17(5-9-19)22(27)25-14-12-18(13-15-25)23-21(26)16-6-10-20(28-3)11-7-16/h4-11,18H,12-15H2,1-3H3,(H,23,26). The third kappa shape index (κ3) is 4.63. The van der Waals surface area contributed by atoms with Crippen molar-refractivity contribution >= 4 is 17.5 Å². The van der Waals surface area contributed by atoms with Gasteiger partial charge in [-0.15, -0.1) is 0 Å². The zero-order valence-electron chi connectivity index (χ0n) is 16.6. The van der Waals surface area contributed by atoms with Crippen molar-refractivity contribution in [3.05, 3.63) is 59.7 Å². The topological polar surface area (TPSA) is 61.9 Å². The highest BCUT2D eigenvalue weighted by Gasteiger charge is 2.25. The van der Waals surface area contributed by atoms with E-state index in [2.05, 4.69) is 5.32 Å². The van der Waals surface area contributed by atoms with E-state index in [4.69, 9.17) is 4.74 Å². The number of nitrogens with zero attached hydrogens (tertiary/aromatic N) is 2. The van der Waals surface area contributed by atoms with E-state index in [1.807, 2.05) is 48.2 Å². The molecule has 1 aliphatic rings. The molecule has 0 saturated carbocycles. The summed E-state index contributed by atoms with van der Waals surface area (Å²) in [4.78, 5) is 29.0. The first-order valence-electron chi connectivity index (χ1n) is 9.49. The summed E-state index contributed by atoms with van der Waals surface area (Å²) >= 11 is 0. The van der Waals surface area contributed by atoms with E-state index in [1.165, 1.54) is 0 Å². The van der Waals surface area contributed by atoms with Crippen LogP contribution < -0.4 is 15.0 Å². The molecule has 2 aromatic carbocycles. The van der Waals surface area contributed by atoms with Crippen molar-refractivity contribution < 1.29 is 14.3 Å². The van der Waals surface area contributed by atoms with Gasteiger partial charge in [-0.3, -0.25) is 9.59 Å². The van der Waals surface area contributed by atoms with Gasteiger partial charge >= 0.3 is 0 Å². The maximum atomic E-state index is 12.7. The number of likely N-dealkylation sites (tertiary alicyclic amines) is 1. The smallest absolute Gasteiger partial charge is 0.253 e. The number of ether oxygens (including phenoxy) is 1. The largest absolute Gasteiger partial charge is 0.497 e. The summed E-state index contributed by atoms with van der Waals surface area (Å²) in [6.07, 6.45) is 1.51. The molecule has 0 atom stereocenters. The van der Waals surface area contributed by atoms with Crippen LogP contribution in [0.1, 0.15) is 33.6 Å². The Hall–Kier alpha value is -3.02. The van der Waals surface area contributed by atoms with Crippen LogP contribution in [-0.4, -0.2) is 57.1 Å². The van der Waals surface area contributed by atoms with E-state index >= 15 is 0 Å². The number of nitrogens with one attached hydrogen (secondary N) is 1. The van der Waals surface area contributed by atoms with E-state index in [-0.39, 0.29) is 17.9 Å². The highest BCUT2D eigenvalue weighted by atomic mass is 16.5. The quantitative estimate of drug-likeness (QED) is 0.865. The molecule has 0 radical (unpaired) electrons. The van der Waals surface area contributed by atoms with Crippen molar-refractivity contribution in [3.63, 3.8) is 0 Å². The first-order chi connectivity index (χ1) is 13.5. The Bertz CT molecular complexity index is 808. The summed E-state index contributed by atoms with van der Waals surface area (Å²) in [5.74, 6) is 0.680. The zero-order chi connectivity index (χ0) is 20.1. The second-order valence-electron chi connectivity index (χ2n) is 7.21. The van der Waals surface area contributed by atoms with Crippen LogP contribution in [0.25, 0.3) is 0 Å². The Morgan fingerprint density at radius 2 is 1.54 bits per heavy atom. The number of carbonyl (C=O) groups is 2. The van der Waals surface area contributed by atoms with Gasteiger partial charge in [0.1, 0.15) is 5.75 Å². The lowest BCUT2D eigenvalue weighted by Gasteiger charge is -2.32. The van der Waals surface area contributed by atoms with Crippen LogP contribution in [0.5, 0.6) is 5.75 Å². The number of anilines is 1. The maximum Gasteiger partial charge on any atom is 0.253 e. The van der Waals surface area contributed by atoms with Crippen molar-refractivity contribution in [2.24, 2.45) is 0 Å². The number of piperidine rings is 1. The number of benzene rings is 2. The number of methoxy groups -OCH3 is 1. The van der Waals surface area contributed by atoms with Crippen LogP contribution >= 0.6 is 0 Å². The Balaban J connectivity index is 1.52. The highest BCUT2D eigenvalue weighted by molar-refractivity contribution is 5.95. The number of amides is 2. The van der Waals surface area contributed by atoms with Crippen molar-refractivity contribution in [3.8, 4) is 5.75 Å². The van der Waals surface area contributed by atoms with Gasteiger partial charge in [0.25, 0.3) is 11.8 Å². The van der Waals surface area contributed by atoms with Crippen molar-refractivity contribution in [1.29, 1.82) is 0 Å². The summed E-state index contributed by atoms with van der Waals surface area (Å²) < 4.78 is 5.12. The summed E-state index contributed by atoms with van der Waals surface area (Å²) in [6, 6.07) is 14.8. The van der Waals surface area contributed by atoms with Gasteiger partial charge in [-0.25, -0.2) is 0 Å². The molecule has 0 bridgehead atoms. The second kappa shape index (κ2) is 8.78. The molecule has 2 amide bonds. The van der Waals surface area contributed by atoms with Gasteiger partial charge in [0.05, 0.1) is 7.11 Å². The number of carbonyl (C=O) groups excluding carboxylic acids is 2. The van der Waals surface area contributed by atoms with Crippen LogP contribution in [0.2, 0.25) is 0 Å². The molecule has 148 valence electrons. The van der Waals surface area contributed by atoms with Crippen LogP contribution in [0.4, 0.5) is 5.69 Å². The molecule has 0 spiro atoms. The molecule has 1 heterocycles. The molecular weight excluding hydrogens is 354 g/mol. The Morgan fingerprint density at radius 1 is 0.964 bits per heavy atom. The van der Waals surface area contributed by atoms with E-state index in [0.717, 1.165) is 24.3 Å².